The smallest absolute Gasteiger partial charge is 0.416 e. The van der Waals surface area contributed by atoms with Crippen LogP contribution < -0.4 is 10.1 Å². The summed E-state index contributed by atoms with van der Waals surface area (Å²) in [5, 5.41) is 3.63. The van der Waals surface area contributed by atoms with Crippen molar-refractivity contribution in [3.8, 4) is 5.88 Å². The van der Waals surface area contributed by atoms with Crippen LogP contribution in [0.1, 0.15) is 27.8 Å². The van der Waals surface area contributed by atoms with Crippen molar-refractivity contribution in [1.82, 2.24) is 19.9 Å². The molecule has 4 aromatic heterocycles. The molecular formula is C22H19F4N5O. The van der Waals surface area contributed by atoms with Crippen LogP contribution in [0.25, 0.3) is 11.0 Å². The lowest BCUT2D eigenvalue weighted by atomic mass is 10.1. The Bertz CT molecular complexity index is 1270. The molecule has 0 aliphatic rings. The van der Waals surface area contributed by atoms with Gasteiger partial charge in [0.1, 0.15) is 11.5 Å². The first kappa shape index (κ1) is 21.5. The Morgan fingerprint density at radius 2 is 1.88 bits per heavy atom. The Balaban J connectivity index is 1.51. The lowest BCUT2D eigenvalue weighted by molar-refractivity contribution is -0.138. The summed E-state index contributed by atoms with van der Waals surface area (Å²) in [7, 11) is 1.24. The fourth-order valence-electron chi connectivity index (χ4n) is 3.37. The van der Waals surface area contributed by atoms with Crippen molar-refractivity contribution in [2.45, 2.75) is 26.1 Å². The van der Waals surface area contributed by atoms with Gasteiger partial charge in [-0.3, -0.25) is 0 Å². The van der Waals surface area contributed by atoms with Crippen molar-refractivity contribution in [2.75, 3.05) is 12.4 Å². The third kappa shape index (κ3) is 4.48. The van der Waals surface area contributed by atoms with Gasteiger partial charge in [-0.2, -0.15) is 17.6 Å². The SMILES string of the molecule is COc1cc(C(F)(F)F)c(CNc2ccc(Cc3c[nH]c4ncc(C)cc34)c(F)n2)cn1. The molecule has 0 saturated carbocycles. The van der Waals surface area contributed by atoms with E-state index in [0.29, 0.717) is 17.6 Å². The second-order valence-corrected chi connectivity index (χ2v) is 7.28. The zero-order valence-corrected chi connectivity index (χ0v) is 17.2. The van der Waals surface area contributed by atoms with E-state index in [1.165, 1.54) is 13.2 Å². The molecule has 4 heterocycles. The van der Waals surface area contributed by atoms with E-state index in [2.05, 4.69) is 25.3 Å². The van der Waals surface area contributed by atoms with Gasteiger partial charge >= 0.3 is 6.18 Å². The number of aryl methyl sites for hydroxylation is 1. The van der Waals surface area contributed by atoms with Gasteiger partial charge in [0.05, 0.1) is 12.7 Å². The van der Waals surface area contributed by atoms with Crippen LogP contribution in [0.5, 0.6) is 5.88 Å². The number of aromatic nitrogens is 4. The largest absolute Gasteiger partial charge is 0.481 e. The summed E-state index contributed by atoms with van der Waals surface area (Å²) in [6.45, 7) is 1.69. The van der Waals surface area contributed by atoms with E-state index in [1.807, 2.05) is 13.0 Å². The topological polar surface area (TPSA) is 75.7 Å². The number of anilines is 1. The summed E-state index contributed by atoms with van der Waals surface area (Å²) >= 11 is 0. The molecule has 32 heavy (non-hydrogen) atoms. The van der Waals surface area contributed by atoms with Crippen LogP contribution in [0, 0.1) is 12.9 Å². The molecule has 4 aromatic rings. The zero-order chi connectivity index (χ0) is 22.9. The Hall–Kier alpha value is -3.69. The van der Waals surface area contributed by atoms with Gasteiger partial charge in [-0.25, -0.2) is 15.0 Å². The molecule has 0 unspecified atom stereocenters. The summed E-state index contributed by atoms with van der Waals surface area (Å²) in [5.41, 5.74) is 1.95. The fourth-order valence-corrected chi connectivity index (χ4v) is 3.37. The highest BCUT2D eigenvalue weighted by Gasteiger charge is 2.34. The predicted molar refractivity (Wildman–Crippen MR) is 111 cm³/mol. The van der Waals surface area contributed by atoms with Gasteiger partial charge in [-0.05, 0) is 30.2 Å². The quantitative estimate of drug-likeness (QED) is 0.322. The minimum absolute atomic E-state index is 0.105. The van der Waals surface area contributed by atoms with Gasteiger partial charge in [0.2, 0.25) is 11.8 Å². The lowest BCUT2D eigenvalue weighted by Crippen LogP contribution is -2.13. The molecule has 0 bridgehead atoms. The van der Waals surface area contributed by atoms with Crippen LogP contribution >= 0.6 is 0 Å². The Morgan fingerprint density at radius 3 is 2.59 bits per heavy atom. The Kier molecular flexibility index (Phi) is 5.68. The van der Waals surface area contributed by atoms with E-state index in [9.17, 15) is 17.6 Å². The van der Waals surface area contributed by atoms with E-state index < -0.39 is 17.7 Å². The van der Waals surface area contributed by atoms with Crippen LogP contribution in [-0.2, 0) is 19.1 Å². The standard InChI is InChI=1S/C22H19F4N5O/c1-12-5-16-14(9-30-21(16)29-8-12)6-13-3-4-18(31-20(13)23)27-10-15-11-28-19(32-2)7-17(15)22(24,25)26/h3-5,7-9,11H,6,10H2,1-2H3,(H,27,31)(H,29,30). The molecule has 10 heteroatoms. The maximum absolute atomic E-state index is 14.6. The Labute approximate surface area is 180 Å². The van der Waals surface area contributed by atoms with E-state index in [0.717, 1.165) is 28.8 Å². The third-order valence-electron chi connectivity index (χ3n) is 5.00. The first-order valence-electron chi connectivity index (χ1n) is 9.66. The van der Waals surface area contributed by atoms with Crippen molar-refractivity contribution < 1.29 is 22.3 Å². The third-order valence-corrected chi connectivity index (χ3v) is 5.00. The van der Waals surface area contributed by atoms with Gasteiger partial charge < -0.3 is 15.0 Å². The van der Waals surface area contributed by atoms with Crippen molar-refractivity contribution in [2.24, 2.45) is 0 Å². The van der Waals surface area contributed by atoms with E-state index in [1.54, 1.807) is 18.5 Å². The average Bonchev–Trinajstić information content (AvgIpc) is 3.15. The number of alkyl halides is 3. The molecule has 0 atom stereocenters. The molecule has 0 aliphatic carbocycles. The van der Waals surface area contributed by atoms with Gasteiger partial charge in [0.25, 0.3) is 0 Å². The van der Waals surface area contributed by atoms with Crippen LogP contribution in [0.2, 0.25) is 0 Å². The number of nitrogens with one attached hydrogen (secondary N) is 2. The maximum Gasteiger partial charge on any atom is 0.416 e. The first-order chi connectivity index (χ1) is 15.2. The molecule has 0 amide bonds. The number of halogens is 4. The number of methoxy groups -OCH3 is 1. The molecule has 0 aliphatic heterocycles. The molecular weight excluding hydrogens is 426 g/mol. The molecule has 0 radical (unpaired) electrons. The van der Waals surface area contributed by atoms with E-state index in [-0.39, 0.29) is 23.8 Å². The van der Waals surface area contributed by atoms with Crippen molar-refractivity contribution in [3.05, 3.63) is 76.6 Å². The van der Waals surface area contributed by atoms with Gasteiger partial charge in [-0.15, -0.1) is 0 Å². The van der Waals surface area contributed by atoms with Gasteiger partial charge in [0.15, 0.2) is 0 Å². The maximum atomic E-state index is 14.6. The number of aromatic amines is 1. The summed E-state index contributed by atoms with van der Waals surface area (Å²) < 4.78 is 59.4. The monoisotopic (exact) mass is 445 g/mol. The molecule has 0 aromatic carbocycles. The number of fused-ring (bicyclic) bond motifs is 1. The Morgan fingerprint density at radius 1 is 1.06 bits per heavy atom. The van der Waals surface area contributed by atoms with Gasteiger partial charge in [-0.1, -0.05) is 6.07 Å². The van der Waals surface area contributed by atoms with Crippen molar-refractivity contribution in [1.29, 1.82) is 0 Å². The minimum Gasteiger partial charge on any atom is -0.481 e. The number of H-pyrrole nitrogens is 1. The molecule has 0 saturated heterocycles. The number of ether oxygens (including phenoxy) is 1. The van der Waals surface area contributed by atoms with Crippen LogP contribution in [0.3, 0.4) is 0 Å². The normalized spacial score (nSPS) is 11.7. The summed E-state index contributed by atoms with van der Waals surface area (Å²) in [5.74, 6) is -0.724. The number of rotatable bonds is 6. The average molecular weight is 445 g/mol. The first-order valence-corrected chi connectivity index (χ1v) is 9.66. The number of pyridine rings is 3. The highest BCUT2D eigenvalue weighted by molar-refractivity contribution is 5.80. The number of hydrogen-bond acceptors (Lipinski definition) is 5. The highest BCUT2D eigenvalue weighted by Crippen LogP contribution is 2.34. The second kappa shape index (κ2) is 8.45. The second-order valence-electron chi connectivity index (χ2n) is 7.28. The fraction of sp³-hybridized carbons (Fsp3) is 0.227. The van der Waals surface area contributed by atoms with Crippen LogP contribution in [0.15, 0.2) is 42.9 Å². The highest BCUT2D eigenvalue weighted by atomic mass is 19.4. The minimum atomic E-state index is -4.58. The van der Waals surface area contributed by atoms with Crippen LogP contribution in [-0.4, -0.2) is 27.0 Å². The summed E-state index contributed by atoms with van der Waals surface area (Å²) in [6, 6.07) is 5.88. The lowest BCUT2D eigenvalue weighted by Gasteiger charge is -2.14. The van der Waals surface area contributed by atoms with Crippen molar-refractivity contribution in [3.63, 3.8) is 0 Å². The molecule has 6 nitrogen and oxygen atoms in total. The summed E-state index contributed by atoms with van der Waals surface area (Å²) in [6.07, 6.45) is 0.311. The molecule has 2 N–H and O–H groups in total. The molecule has 0 fully saturated rings. The van der Waals surface area contributed by atoms with Gasteiger partial charge in [0, 0.05) is 54.1 Å². The number of nitrogens with zero attached hydrogens (tertiary/aromatic N) is 3. The molecule has 0 spiro atoms. The number of hydrogen-bond donors (Lipinski definition) is 2. The predicted octanol–water partition coefficient (Wildman–Crippen LogP) is 5.03. The van der Waals surface area contributed by atoms with E-state index in [4.69, 9.17) is 4.74 Å². The van der Waals surface area contributed by atoms with E-state index >= 15 is 0 Å². The molecule has 166 valence electrons. The zero-order valence-electron chi connectivity index (χ0n) is 17.2. The van der Waals surface area contributed by atoms with Crippen molar-refractivity contribution >= 4 is 16.9 Å². The molecule has 4 rings (SSSR count). The summed E-state index contributed by atoms with van der Waals surface area (Å²) in [4.78, 5) is 15.0. The van der Waals surface area contributed by atoms with Crippen LogP contribution in [0.4, 0.5) is 23.4 Å².